The molecule has 0 amide bonds. The quantitative estimate of drug-likeness (QED) is 0.609. The van der Waals surface area contributed by atoms with Crippen LogP contribution in [-0.2, 0) is 6.18 Å². The van der Waals surface area contributed by atoms with Crippen LogP contribution in [0.4, 0.5) is 22.0 Å². The third-order valence-electron chi connectivity index (χ3n) is 2.37. The van der Waals surface area contributed by atoms with Gasteiger partial charge in [0, 0.05) is 5.56 Å². The minimum Gasteiger partial charge on any atom is -0.493 e. The van der Waals surface area contributed by atoms with Gasteiger partial charge >= 0.3 is 6.18 Å². The van der Waals surface area contributed by atoms with Crippen molar-refractivity contribution in [2.75, 3.05) is 6.61 Å². The van der Waals surface area contributed by atoms with E-state index in [0.717, 1.165) is 6.92 Å². The Balaban J connectivity index is 3.55. The Labute approximate surface area is 106 Å². The first kappa shape index (κ1) is 15.4. The van der Waals surface area contributed by atoms with Crippen molar-refractivity contribution in [3.63, 3.8) is 0 Å². The van der Waals surface area contributed by atoms with Gasteiger partial charge in [0.25, 0.3) is 6.43 Å². The third kappa shape index (κ3) is 3.42. The van der Waals surface area contributed by atoms with Gasteiger partial charge in [-0.15, -0.1) is 0 Å². The molecule has 0 saturated carbocycles. The molecular formula is C12H11F5O2. The van der Waals surface area contributed by atoms with Crippen LogP contribution >= 0.6 is 0 Å². The summed E-state index contributed by atoms with van der Waals surface area (Å²) in [6.07, 6.45) is -7.84. The van der Waals surface area contributed by atoms with Crippen molar-refractivity contribution >= 4 is 5.78 Å². The number of benzene rings is 1. The number of Topliss-reactive ketones (excluding diaryl/α,β-unsaturated/α-hetero) is 1. The average molecular weight is 282 g/mol. The average Bonchev–Trinajstić information content (AvgIpc) is 2.27. The van der Waals surface area contributed by atoms with E-state index in [2.05, 4.69) is 0 Å². The molecule has 1 rings (SSSR count). The molecule has 2 nitrogen and oxygen atoms in total. The van der Waals surface area contributed by atoms with Crippen molar-refractivity contribution in [2.24, 2.45) is 0 Å². The first-order valence-electron chi connectivity index (χ1n) is 5.35. The molecule has 0 bridgehead atoms. The van der Waals surface area contributed by atoms with Gasteiger partial charge in [0.2, 0.25) is 0 Å². The molecule has 7 heteroatoms. The number of carbonyl (C=O) groups is 1. The first-order chi connectivity index (χ1) is 8.68. The lowest BCUT2D eigenvalue weighted by Gasteiger charge is -2.16. The van der Waals surface area contributed by atoms with Crippen LogP contribution in [0.25, 0.3) is 0 Å². The van der Waals surface area contributed by atoms with Crippen LogP contribution in [0.1, 0.15) is 41.8 Å². The summed E-state index contributed by atoms with van der Waals surface area (Å²) >= 11 is 0. The van der Waals surface area contributed by atoms with Crippen molar-refractivity contribution in [1.82, 2.24) is 0 Å². The SMILES string of the molecule is CCOc1cc(C(F)(F)F)c(C(C)=O)cc1C(F)F. The smallest absolute Gasteiger partial charge is 0.417 e. The largest absolute Gasteiger partial charge is 0.493 e. The van der Waals surface area contributed by atoms with E-state index in [-0.39, 0.29) is 6.61 Å². The Morgan fingerprint density at radius 1 is 1.32 bits per heavy atom. The van der Waals surface area contributed by atoms with Crippen LogP contribution in [0.5, 0.6) is 5.75 Å². The van der Waals surface area contributed by atoms with Gasteiger partial charge in [-0.3, -0.25) is 4.79 Å². The van der Waals surface area contributed by atoms with E-state index in [4.69, 9.17) is 4.74 Å². The summed E-state index contributed by atoms with van der Waals surface area (Å²) in [5.74, 6) is -1.49. The van der Waals surface area contributed by atoms with E-state index in [9.17, 15) is 26.7 Å². The maximum atomic E-state index is 12.8. The Bertz CT molecular complexity index is 480. The van der Waals surface area contributed by atoms with E-state index >= 15 is 0 Å². The first-order valence-corrected chi connectivity index (χ1v) is 5.35. The molecule has 0 saturated heterocycles. The van der Waals surface area contributed by atoms with Gasteiger partial charge in [0.15, 0.2) is 5.78 Å². The number of ether oxygens (including phenoxy) is 1. The van der Waals surface area contributed by atoms with Gasteiger partial charge in [0.1, 0.15) is 5.75 Å². The normalized spacial score (nSPS) is 11.8. The second-order valence-corrected chi connectivity index (χ2v) is 3.72. The minimum atomic E-state index is -4.81. The lowest BCUT2D eigenvalue weighted by atomic mass is 9.99. The fraction of sp³-hybridized carbons (Fsp3) is 0.417. The topological polar surface area (TPSA) is 26.3 Å². The highest BCUT2D eigenvalue weighted by atomic mass is 19.4. The second-order valence-electron chi connectivity index (χ2n) is 3.72. The molecule has 0 heterocycles. The molecule has 0 unspecified atom stereocenters. The van der Waals surface area contributed by atoms with Crippen LogP contribution < -0.4 is 4.74 Å². The van der Waals surface area contributed by atoms with Crippen LogP contribution in [0, 0.1) is 0 Å². The van der Waals surface area contributed by atoms with Crippen LogP contribution in [0.15, 0.2) is 12.1 Å². The zero-order valence-corrected chi connectivity index (χ0v) is 10.1. The van der Waals surface area contributed by atoms with Crippen molar-refractivity contribution in [2.45, 2.75) is 26.4 Å². The highest BCUT2D eigenvalue weighted by Gasteiger charge is 2.36. The predicted molar refractivity (Wildman–Crippen MR) is 57.6 cm³/mol. The number of ketones is 1. The lowest BCUT2D eigenvalue weighted by Crippen LogP contribution is -2.13. The molecule has 0 aliphatic rings. The molecule has 1 aromatic carbocycles. The molecule has 0 fully saturated rings. The van der Waals surface area contributed by atoms with Gasteiger partial charge in [-0.1, -0.05) is 0 Å². The van der Waals surface area contributed by atoms with Crippen molar-refractivity contribution in [3.05, 3.63) is 28.8 Å². The maximum Gasteiger partial charge on any atom is 0.417 e. The molecule has 1 aromatic rings. The summed E-state index contributed by atoms with van der Waals surface area (Å²) in [5.41, 5.74) is -2.78. The molecular weight excluding hydrogens is 271 g/mol. The van der Waals surface area contributed by atoms with E-state index in [1.165, 1.54) is 6.92 Å². The lowest BCUT2D eigenvalue weighted by molar-refractivity contribution is -0.138. The molecule has 106 valence electrons. The number of rotatable bonds is 4. The molecule has 0 N–H and O–H groups in total. The molecule has 0 spiro atoms. The zero-order chi connectivity index (χ0) is 14.8. The van der Waals surface area contributed by atoms with E-state index < -0.39 is 40.8 Å². The third-order valence-corrected chi connectivity index (χ3v) is 2.37. The minimum absolute atomic E-state index is 0.0591. The molecule has 0 aliphatic carbocycles. The van der Waals surface area contributed by atoms with E-state index in [1.807, 2.05) is 0 Å². The summed E-state index contributed by atoms with van der Waals surface area (Å²) < 4.78 is 68.6. The molecule has 0 atom stereocenters. The van der Waals surface area contributed by atoms with Gasteiger partial charge in [-0.05, 0) is 26.0 Å². The summed E-state index contributed by atoms with van der Waals surface area (Å²) in [4.78, 5) is 11.2. The fourth-order valence-corrected chi connectivity index (χ4v) is 1.57. The molecule has 19 heavy (non-hydrogen) atoms. The van der Waals surface area contributed by atoms with Gasteiger partial charge in [-0.2, -0.15) is 13.2 Å². The Kier molecular flexibility index (Phi) is 4.49. The van der Waals surface area contributed by atoms with Crippen molar-refractivity contribution in [3.8, 4) is 5.75 Å². The van der Waals surface area contributed by atoms with Gasteiger partial charge < -0.3 is 4.74 Å². The Morgan fingerprint density at radius 2 is 1.89 bits per heavy atom. The zero-order valence-electron chi connectivity index (χ0n) is 10.1. The summed E-state index contributed by atoms with van der Waals surface area (Å²) in [7, 11) is 0. The summed E-state index contributed by atoms with van der Waals surface area (Å²) in [5, 5.41) is 0. The van der Waals surface area contributed by atoms with Crippen molar-refractivity contribution in [1.29, 1.82) is 0 Å². The molecule has 0 aliphatic heterocycles. The summed E-state index contributed by atoms with van der Waals surface area (Å²) in [6, 6.07) is 0.989. The molecule has 0 radical (unpaired) electrons. The number of alkyl halides is 5. The van der Waals surface area contributed by atoms with E-state index in [0.29, 0.717) is 12.1 Å². The fourth-order valence-electron chi connectivity index (χ4n) is 1.57. The van der Waals surface area contributed by atoms with Crippen LogP contribution in [0.3, 0.4) is 0 Å². The maximum absolute atomic E-state index is 12.8. The van der Waals surface area contributed by atoms with Crippen molar-refractivity contribution < 1.29 is 31.5 Å². The number of hydrogen-bond donors (Lipinski definition) is 0. The van der Waals surface area contributed by atoms with E-state index in [1.54, 1.807) is 0 Å². The number of halogens is 5. The van der Waals surface area contributed by atoms with Crippen LogP contribution in [-0.4, -0.2) is 12.4 Å². The molecule has 0 aromatic heterocycles. The predicted octanol–water partition coefficient (Wildman–Crippen LogP) is 4.24. The second kappa shape index (κ2) is 5.54. The van der Waals surface area contributed by atoms with Gasteiger partial charge in [0.05, 0.1) is 17.7 Å². The highest BCUT2D eigenvalue weighted by Crippen LogP contribution is 2.39. The Hall–Kier alpha value is -1.66. The van der Waals surface area contributed by atoms with Crippen LogP contribution in [0.2, 0.25) is 0 Å². The monoisotopic (exact) mass is 282 g/mol. The summed E-state index contributed by atoms with van der Waals surface area (Å²) in [6.45, 7) is 2.29. The standard InChI is InChI=1S/C12H11F5O2/c1-3-19-10-5-9(12(15,16)17)7(6(2)18)4-8(10)11(13)14/h4-5,11H,3H2,1-2H3. The highest BCUT2D eigenvalue weighted by molar-refractivity contribution is 5.96. The number of hydrogen-bond acceptors (Lipinski definition) is 2. The van der Waals surface area contributed by atoms with Gasteiger partial charge in [-0.25, -0.2) is 8.78 Å². The Morgan fingerprint density at radius 3 is 2.26 bits per heavy atom. The number of carbonyl (C=O) groups excluding carboxylic acids is 1.